The molecule has 1 aliphatic rings. The number of sulfone groups is 1. The van der Waals surface area contributed by atoms with E-state index in [4.69, 9.17) is 5.11 Å². The SMILES string of the molecule is O=C(O)CCCNC1CS(=O)(=O)c2ccccc21. The van der Waals surface area contributed by atoms with Crippen LogP contribution in [0.1, 0.15) is 24.4 Å². The summed E-state index contributed by atoms with van der Waals surface area (Å²) in [5.41, 5.74) is 0.785. The van der Waals surface area contributed by atoms with Gasteiger partial charge < -0.3 is 10.4 Å². The van der Waals surface area contributed by atoms with Gasteiger partial charge in [-0.25, -0.2) is 8.42 Å². The number of carboxylic acids is 1. The van der Waals surface area contributed by atoms with Crippen LogP contribution in [0, 0.1) is 0 Å². The van der Waals surface area contributed by atoms with Crippen molar-refractivity contribution in [2.75, 3.05) is 12.3 Å². The van der Waals surface area contributed by atoms with Crippen LogP contribution < -0.4 is 5.32 Å². The molecule has 1 aliphatic heterocycles. The van der Waals surface area contributed by atoms with Crippen molar-refractivity contribution in [1.82, 2.24) is 5.32 Å². The van der Waals surface area contributed by atoms with Gasteiger partial charge in [-0.2, -0.15) is 0 Å². The highest BCUT2D eigenvalue weighted by Crippen LogP contribution is 2.32. The Balaban J connectivity index is 2.02. The molecule has 0 radical (unpaired) electrons. The van der Waals surface area contributed by atoms with Gasteiger partial charge in [0.2, 0.25) is 0 Å². The molecule has 2 rings (SSSR count). The number of nitrogens with one attached hydrogen (secondary N) is 1. The Morgan fingerprint density at radius 3 is 2.83 bits per heavy atom. The van der Waals surface area contributed by atoms with Crippen LogP contribution in [-0.2, 0) is 14.6 Å². The molecular weight excluding hydrogens is 254 g/mol. The molecule has 0 bridgehead atoms. The molecule has 1 atom stereocenters. The van der Waals surface area contributed by atoms with Gasteiger partial charge in [-0.15, -0.1) is 0 Å². The number of rotatable bonds is 5. The Labute approximate surface area is 106 Å². The van der Waals surface area contributed by atoms with Gasteiger partial charge in [-0.1, -0.05) is 18.2 Å². The van der Waals surface area contributed by atoms with Crippen molar-refractivity contribution >= 4 is 15.8 Å². The van der Waals surface area contributed by atoms with E-state index in [9.17, 15) is 13.2 Å². The van der Waals surface area contributed by atoms with Crippen molar-refractivity contribution < 1.29 is 18.3 Å². The smallest absolute Gasteiger partial charge is 0.303 e. The van der Waals surface area contributed by atoms with Crippen LogP contribution in [0.4, 0.5) is 0 Å². The third kappa shape index (κ3) is 2.70. The predicted molar refractivity (Wildman–Crippen MR) is 66.1 cm³/mol. The average molecular weight is 269 g/mol. The largest absolute Gasteiger partial charge is 0.481 e. The van der Waals surface area contributed by atoms with Crippen LogP contribution in [-0.4, -0.2) is 31.8 Å². The molecule has 1 aromatic carbocycles. The van der Waals surface area contributed by atoms with Gasteiger partial charge in [0.05, 0.1) is 10.6 Å². The van der Waals surface area contributed by atoms with E-state index in [1.807, 2.05) is 6.07 Å². The number of carbonyl (C=O) groups is 1. The molecule has 0 saturated carbocycles. The molecule has 0 aliphatic carbocycles. The summed E-state index contributed by atoms with van der Waals surface area (Å²) in [4.78, 5) is 10.8. The van der Waals surface area contributed by atoms with Crippen molar-refractivity contribution in [2.24, 2.45) is 0 Å². The lowest BCUT2D eigenvalue weighted by Gasteiger charge is -2.11. The van der Waals surface area contributed by atoms with Crippen molar-refractivity contribution in [1.29, 1.82) is 0 Å². The summed E-state index contributed by atoms with van der Waals surface area (Å²) >= 11 is 0. The standard InChI is InChI=1S/C12H15NO4S/c14-12(15)6-3-7-13-10-8-18(16,17)11-5-2-1-4-9(10)11/h1-2,4-5,10,13H,3,6-8H2,(H,14,15). The zero-order valence-corrected chi connectivity index (χ0v) is 10.6. The number of fused-ring (bicyclic) bond motifs is 1. The average Bonchev–Trinajstić information content (AvgIpc) is 2.57. The maximum Gasteiger partial charge on any atom is 0.303 e. The van der Waals surface area contributed by atoms with E-state index < -0.39 is 15.8 Å². The van der Waals surface area contributed by atoms with Crippen molar-refractivity contribution in [2.45, 2.75) is 23.8 Å². The molecule has 5 nitrogen and oxygen atoms in total. The van der Waals surface area contributed by atoms with E-state index in [1.54, 1.807) is 18.2 Å². The van der Waals surface area contributed by atoms with E-state index >= 15 is 0 Å². The molecule has 1 unspecified atom stereocenters. The zero-order chi connectivity index (χ0) is 13.2. The second-order valence-corrected chi connectivity index (χ2v) is 6.33. The van der Waals surface area contributed by atoms with Crippen molar-refractivity contribution in [3.05, 3.63) is 29.8 Å². The maximum absolute atomic E-state index is 11.9. The van der Waals surface area contributed by atoms with Gasteiger partial charge in [0.1, 0.15) is 0 Å². The fourth-order valence-corrected chi connectivity index (χ4v) is 3.91. The number of carboxylic acid groups (broad SMARTS) is 1. The minimum absolute atomic E-state index is 0.0550. The third-order valence-electron chi connectivity index (χ3n) is 2.97. The predicted octanol–water partition coefficient (Wildman–Crippen LogP) is 0.969. The summed E-state index contributed by atoms with van der Waals surface area (Å²) < 4.78 is 23.7. The molecule has 0 fully saturated rings. The van der Waals surface area contributed by atoms with Crippen molar-refractivity contribution in [3.63, 3.8) is 0 Å². The first-order chi connectivity index (χ1) is 8.50. The van der Waals surface area contributed by atoms with Crippen LogP contribution in [0.3, 0.4) is 0 Å². The molecule has 98 valence electrons. The molecule has 6 heteroatoms. The quantitative estimate of drug-likeness (QED) is 0.778. The van der Waals surface area contributed by atoms with Crippen LogP contribution in [0.2, 0.25) is 0 Å². The monoisotopic (exact) mass is 269 g/mol. The minimum atomic E-state index is -3.19. The lowest BCUT2D eigenvalue weighted by atomic mass is 10.1. The van der Waals surface area contributed by atoms with E-state index in [2.05, 4.69) is 5.32 Å². The summed E-state index contributed by atoms with van der Waals surface area (Å²) in [6.45, 7) is 0.501. The Morgan fingerprint density at radius 2 is 2.11 bits per heavy atom. The summed E-state index contributed by atoms with van der Waals surface area (Å²) in [6.07, 6.45) is 0.585. The van der Waals surface area contributed by atoms with Gasteiger partial charge in [0, 0.05) is 12.5 Å². The number of benzene rings is 1. The molecule has 0 aromatic heterocycles. The fourth-order valence-electron chi connectivity index (χ4n) is 2.14. The van der Waals surface area contributed by atoms with Crippen molar-refractivity contribution in [3.8, 4) is 0 Å². The molecule has 0 amide bonds. The summed E-state index contributed by atoms with van der Waals surface area (Å²) in [5, 5.41) is 11.6. The second kappa shape index (κ2) is 5.07. The lowest BCUT2D eigenvalue weighted by Crippen LogP contribution is -2.24. The van der Waals surface area contributed by atoms with E-state index in [-0.39, 0.29) is 18.2 Å². The third-order valence-corrected chi connectivity index (χ3v) is 4.79. The summed E-state index contributed by atoms with van der Waals surface area (Å²) in [7, 11) is -3.19. The molecule has 0 saturated heterocycles. The maximum atomic E-state index is 11.9. The Bertz CT molecular complexity index is 553. The highest BCUT2D eigenvalue weighted by molar-refractivity contribution is 7.91. The molecule has 0 spiro atoms. The van der Waals surface area contributed by atoms with Gasteiger partial charge in [0.25, 0.3) is 0 Å². The van der Waals surface area contributed by atoms with Gasteiger partial charge >= 0.3 is 5.97 Å². The highest BCUT2D eigenvalue weighted by atomic mass is 32.2. The van der Waals surface area contributed by atoms with E-state index in [1.165, 1.54) is 0 Å². The molecule has 1 aromatic rings. The molecular formula is C12H15NO4S. The van der Waals surface area contributed by atoms with E-state index in [0.717, 1.165) is 5.56 Å². The second-order valence-electron chi connectivity index (χ2n) is 4.32. The number of hydrogen-bond donors (Lipinski definition) is 2. The minimum Gasteiger partial charge on any atom is -0.481 e. The van der Waals surface area contributed by atoms with Gasteiger partial charge in [0.15, 0.2) is 9.84 Å². The molecule has 18 heavy (non-hydrogen) atoms. The Hall–Kier alpha value is -1.40. The first-order valence-electron chi connectivity index (χ1n) is 5.77. The first-order valence-corrected chi connectivity index (χ1v) is 7.43. The highest BCUT2D eigenvalue weighted by Gasteiger charge is 2.33. The first kappa shape index (κ1) is 13.0. The normalized spacial score (nSPS) is 20.6. The van der Waals surface area contributed by atoms with Crippen LogP contribution >= 0.6 is 0 Å². The lowest BCUT2D eigenvalue weighted by molar-refractivity contribution is -0.137. The Kier molecular flexibility index (Phi) is 3.68. The van der Waals surface area contributed by atoms with Crippen LogP contribution in [0.15, 0.2) is 29.2 Å². The summed E-state index contributed by atoms with van der Waals surface area (Å²) in [5.74, 6) is -0.782. The summed E-state index contributed by atoms with van der Waals surface area (Å²) in [6, 6.07) is 6.72. The molecule has 1 heterocycles. The van der Waals surface area contributed by atoms with E-state index in [0.29, 0.717) is 17.9 Å². The van der Waals surface area contributed by atoms with Crippen LogP contribution in [0.25, 0.3) is 0 Å². The molecule has 2 N–H and O–H groups in total. The number of aliphatic carboxylic acids is 1. The van der Waals surface area contributed by atoms with Gasteiger partial charge in [-0.3, -0.25) is 4.79 Å². The van der Waals surface area contributed by atoms with Crippen LogP contribution in [0.5, 0.6) is 0 Å². The Morgan fingerprint density at radius 1 is 1.39 bits per heavy atom. The number of hydrogen-bond acceptors (Lipinski definition) is 4. The topological polar surface area (TPSA) is 83.5 Å². The zero-order valence-electron chi connectivity index (χ0n) is 9.80. The van der Waals surface area contributed by atoms with Gasteiger partial charge in [-0.05, 0) is 24.6 Å². The fraction of sp³-hybridized carbons (Fsp3) is 0.417.